The van der Waals surface area contributed by atoms with Gasteiger partial charge < -0.3 is 24.3 Å². The van der Waals surface area contributed by atoms with E-state index in [4.69, 9.17) is 9.47 Å². The summed E-state index contributed by atoms with van der Waals surface area (Å²) in [6.45, 7) is 0.0947. The number of carboxylic acids is 2. The van der Waals surface area contributed by atoms with E-state index in [2.05, 4.69) is 0 Å². The zero-order valence-electron chi connectivity index (χ0n) is 22.2. The summed E-state index contributed by atoms with van der Waals surface area (Å²) >= 11 is 0. The summed E-state index contributed by atoms with van der Waals surface area (Å²) in [5.41, 5.74) is 3.23. The van der Waals surface area contributed by atoms with Crippen LogP contribution in [0.4, 0.5) is 8.78 Å². The molecule has 0 bridgehead atoms. The molecule has 1 heterocycles. The molecule has 212 valence electrons. The van der Waals surface area contributed by atoms with E-state index in [0.29, 0.717) is 12.2 Å². The summed E-state index contributed by atoms with van der Waals surface area (Å²) in [6, 6.07) is 17.0. The van der Waals surface area contributed by atoms with Gasteiger partial charge in [0.25, 0.3) is 0 Å². The summed E-state index contributed by atoms with van der Waals surface area (Å²) in [5, 5.41) is 19.8. The second-order valence-electron chi connectivity index (χ2n) is 10.3. The van der Waals surface area contributed by atoms with Gasteiger partial charge in [0.05, 0.1) is 11.9 Å². The Kier molecular flexibility index (Phi) is 8.05. The molecule has 0 atom stereocenters. The van der Waals surface area contributed by atoms with Gasteiger partial charge in [0.2, 0.25) is 5.82 Å². The molecule has 4 aromatic rings. The number of rotatable bonds is 13. The van der Waals surface area contributed by atoms with Crippen LogP contribution in [0.1, 0.15) is 24.8 Å². The van der Waals surface area contributed by atoms with E-state index in [1.165, 1.54) is 12.1 Å². The van der Waals surface area contributed by atoms with Crippen molar-refractivity contribution in [1.82, 2.24) is 4.57 Å². The molecule has 0 amide bonds. The molecule has 5 rings (SSSR count). The molecular formula is C32H29F2NO6. The predicted molar refractivity (Wildman–Crippen MR) is 149 cm³/mol. The molecule has 0 saturated heterocycles. The number of benzene rings is 3. The molecule has 0 spiro atoms. The van der Waals surface area contributed by atoms with Crippen LogP contribution < -0.4 is 9.47 Å². The summed E-state index contributed by atoms with van der Waals surface area (Å²) in [7, 11) is 0. The summed E-state index contributed by atoms with van der Waals surface area (Å²) < 4.78 is 39.6. The molecule has 0 aliphatic heterocycles. The van der Waals surface area contributed by atoms with Crippen molar-refractivity contribution in [1.29, 1.82) is 0 Å². The molecule has 0 unspecified atom stereocenters. The third-order valence-electron chi connectivity index (χ3n) is 7.26. The summed E-state index contributed by atoms with van der Waals surface area (Å²) in [6.07, 6.45) is 7.60. The third kappa shape index (κ3) is 6.57. The first-order valence-corrected chi connectivity index (χ1v) is 13.2. The van der Waals surface area contributed by atoms with Crippen LogP contribution >= 0.6 is 0 Å². The number of ether oxygens (including phenoxy) is 2. The zero-order chi connectivity index (χ0) is 29.0. The Balaban J connectivity index is 1.28. The topological polar surface area (TPSA) is 98.0 Å². The van der Waals surface area contributed by atoms with Crippen molar-refractivity contribution in [3.05, 3.63) is 96.2 Å². The van der Waals surface area contributed by atoms with E-state index >= 15 is 0 Å². The van der Waals surface area contributed by atoms with Crippen molar-refractivity contribution in [3.8, 4) is 22.6 Å². The van der Waals surface area contributed by atoms with Crippen LogP contribution in [0.5, 0.6) is 11.5 Å². The van der Waals surface area contributed by atoms with Gasteiger partial charge in [0, 0.05) is 17.1 Å². The Labute approximate surface area is 235 Å². The number of carboxylic acid groups (broad SMARTS) is 2. The van der Waals surface area contributed by atoms with Gasteiger partial charge in [-0.1, -0.05) is 36.4 Å². The highest BCUT2D eigenvalue weighted by Crippen LogP contribution is 2.52. The largest absolute Gasteiger partial charge is 0.490 e. The highest BCUT2D eigenvalue weighted by Gasteiger charge is 2.44. The van der Waals surface area contributed by atoms with Gasteiger partial charge in [0.1, 0.15) is 25.5 Å². The van der Waals surface area contributed by atoms with Gasteiger partial charge >= 0.3 is 11.9 Å². The van der Waals surface area contributed by atoms with E-state index in [1.54, 1.807) is 16.7 Å². The van der Waals surface area contributed by atoms with E-state index in [-0.39, 0.29) is 37.3 Å². The minimum atomic E-state index is -1.02. The maximum atomic E-state index is 13.6. The van der Waals surface area contributed by atoms with Gasteiger partial charge in [-0.2, -0.15) is 4.39 Å². The van der Waals surface area contributed by atoms with Crippen molar-refractivity contribution in [2.45, 2.75) is 32.2 Å². The monoisotopic (exact) mass is 561 g/mol. The molecule has 1 aromatic heterocycles. The molecule has 0 radical (unpaired) electrons. The van der Waals surface area contributed by atoms with E-state index in [9.17, 15) is 28.6 Å². The van der Waals surface area contributed by atoms with Gasteiger partial charge in [-0.15, -0.1) is 0 Å². The number of nitrogens with zero attached hydrogens (tertiary/aromatic N) is 1. The fraction of sp³-hybridized carbons (Fsp3) is 0.250. The van der Waals surface area contributed by atoms with E-state index in [1.807, 2.05) is 48.7 Å². The Morgan fingerprint density at radius 1 is 0.902 bits per heavy atom. The van der Waals surface area contributed by atoms with Crippen molar-refractivity contribution in [3.63, 3.8) is 0 Å². The third-order valence-corrected chi connectivity index (χ3v) is 7.26. The number of fused-ring (bicyclic) bond motifs is 1. The molecule has 9 heteroatoms. The summed E-state index contributed by atoms with van der Waals surface area (Å²) in [4.78, 5) is 23.1. The van der Waals surface area contributed by atoms with Crippen molar-refractivity contribution < 1.29 is 38.1 Å². The molecule has 41 heavy (non-hydrogen) atoms. The quantitative estimate of drug-likeness (QED) is 0.181. The zero-order valence-corrected chi connectivity index (χ0v) is 22.2. The fourth-order valence-corrected chi connectivity index (χ4v) is 5.14. The minimum Gasteiger partial charge on any atom is -0.490 e. The average molecular weight is 562 g/mol. The smallest absolute Gasteiger partial charge is 0.323 e. The molecule has 3 aromatic carbocycles. The normalized spacial score (nSPS) is 13.9. The van der Waals surface area contributed by atoms with Crippen LogP contribution in [-0.2, 0) is 22.6 Å². The molecule has 1 fully saturated rings. The molecule has 2 N–H and O–H groups in total. The molecule has 1 aliphatic rings. The Bertz CT molecular complexity index is 1600. The van der Waals surface area contributed by atoms with Crippen LogP contribution in [-0.4, -0.2) is 39.9 Å². The lowest BCUT2D eigenvalue weighted by Crippen LogP contribution is -2.11. The molecule has 7 nitrogen and oxygen atoms in total. The number of aliphatic carboxylic acids is 2. The predicted octanol–water partition coefficient (Wildman–Crippen LogP) is 6.48. The summed E-state index contributed by atoms with van der Waals surface area (Å²) in [5.74, 6) is -3.30. The first kappa shape index (κ1) is 27.9. The second-order valence-corrected chi connectivity index (χ2v) is 10.3. The lowest BCUT2D eigenvalue weighted by Gasteiger charge is -2.12. The number of hydrogen-bond acceptors (Lipinski definition) is 4. The van der Waals surface area contributed by atoms with Crippen LogP contribution in [0.2, 0.25) is 0 Å². The molecule has 1 aliphatic carbocycles. The molecular weight excluding hydrogens is 532 g/mol. The van der Waals surface area contributed by atoms with Crippen LogP contribution in [0.25, 0.3) is 22.0 Å². The lowest BCUT2D eigenvalue weighted by molar-refractivity contribution is -0.139. The van der Waals surface area contributed by atoms with Gasteiger partial charge in [0.15, 0.2) is 11.6 Å². The standard InChI is InChI=1S/C32H29F2NO6/c33-26-7-4-8-27(30(26)34)41-16-2-1-15-40-23-11-9-21(10-12-23)24-5-3-6-25-22(17-32(13-14-32)18-28(36)37)19-35(31(24)25)20-29(38)39/h1-12,19H,13-18,20H2,(H,36,37)(H,38,39). The first-order valence-electron chi connectivity index (χ1n) is 13.2. The van der Waals surface area contributed by atoms with Crippen molar-refractivity contribution in [2.75, 3.05) is 13.2 Å². The maximum Gasteiger partial charge on any atom is 0.323 e. The van der Waals surface area contributed by atoms with Crippen molar-refractivity contribution >= 4 is 22.8 Å². The molecule has 1 saturated carbocycles. The second kappa shape index (κ2) is 11.8. The van der Waals surface area contributed by atoms with Gasteiger partial charge in [-0.3, -0.25) is 9.59 Å². The van der Waals surface area contributed by atoms with Crippen LogP contribution in [0, 0.1) is 17.0 Å². The Morgan fingerprint density at radius 3 is 2.29 bits per heavy atom. The maximum absolute atomic E-state index is 13.6. The number of aromatic nitrogens is 1. The van der Waals surface area contributed by atoms with E-state index in [0.717, 1.165) is 46.5 Å². The SMILES string of the molecule is O=C(O)Cn1cc(CC2(CC(=O)O)CC2)c2cccc(-c3ccc(OCC=CCOc4cccc(F)c4F)cc3)c21. The van der Waals surface area contributed by atoms with Crippen LogP contribution in [0.3, 0.4) is 0 Å². The number of para-hydroxylation sites is 1. The van der Waals surface area contributed by atoms with Gasteiger partial charge in [-0.05, 0) is 72.2 Å². The lowest BCUT2D eigenvalue weighted by atomic mass is 9.92. The van der Waals surface area contributed by atoms with Crippen molar-refractivity contribution in [2.24, 2.45) is 5.41 Å². The average Bonchev–Trinajstić information content (AvgIpc) is 3.60. The van der Waals surface area contributed by atoms with E-state index < -0.39 is 23.6 Å². The van der Waals surface area contributed by atoms with Crippen LogP contribution in [0.15, 0.2) is 79.0 Å². The number of hydrogen-bond donors (Lipinski definition) is 2. The minimum absolute atomic E-state index is 0.0576. The first-order chi connectivity index (χ1) is 19.7. The van der Waals surface area contributed by atoms with Gasteiger partial charge in [-0.25, -0.2) is 4.39 Å². The Morgan fingerprint density at radius 2 is 1.61 bits per heavy atom. The number of carbonyl (C=O) groups is 2. The Hall–Kier alpha value is -4.66. The highest BCUT2D eigenvalue weighted by molar-refractivity contribution is 5.97. The number of halogens is 2. The highest BCUT2D eigenvalue weighted by atomic mass is 19.2. The fourth-order valence-electron chi connectivity index (χ4n) is 5.14.